The van der Waals surface area contributed by atoms with Crippen molar-refractivity contribution in [3.8, 4) is 0 Å². The molecular weight excluding hydrogens is 310 g/mol. The number of hydrogen-bond donors (Lipinski definition) is 1. The minimum atomic E-state index is -0.562. The molecule has 1 aromatic rings. The van der Waals surface area contributed by atoms with E-state index >= 15 is 0 Å². The zero-order valence-electron chi connectivity index (χ0n) is 14.5. The molecule has 6 heteroatoms. The van der Waals surface area contributed by atoms with Gasteiger partial charge in [-0.15, -0.1) is 11.3 Å². The van der Waals surface area contributed by atoms with Crippen molar-refractivity contribution < 1.29 is 9.59 Å². The van der Waals surface area contributed by atoms with Crippen molar-refractivity contribution in [1.29, 1.82) is 0 Å². The molecule has 2 amide bonds. The number of hydrogen-bond acceptors (Lipinski definition) is 4. The highest BCUT2D eigenvalue weighted by Gasteiger charge is 2.51. The van der Waals surface area contributed by atoms with Gasteiger partial charge in [0, 0.05) is 17.5 Å². The summed E-state index contributed by atoms with van der Waals surface area (Å²) < 4.78 is 0. The number of aromatic nitrogens is 1. The van der Waals surface area contributed by atoms with Crippen LogP contribution in [-0.4, -0.2) is 34.3 Å². The molecule has 1 saturated heterocycles. The standard InChI is InChI=1S/C17H25N3O2S/c1-10-11(2)23-15(18-10)19-13(21)14(22)20-9-17(5)7-12(20)6-16(3,4)8-17/h12H,6-9H2,1-5H3,(H,18,19,21). The molecule has 1 N–H and O–H groups in total. The van der Waals surface area contributed by atoms with Gasteiger partial charge in [-0.1, -0.05) is 20.8 Å². The Labute approximate surface area is 141 Å². The fourth-order valence-corrected chi connectivity index (χ4v) is 5.31. The van der Waals surface area contributed by atoms with Crippen LogP contribution in [0.15, 0.2) is 0 Å². The topological polar surface area (TPSA) is 62.3 Å². The second-order valence-electron chi connectivity index (χ2n) is 8.26. The molecule has 126 valence electrons. The van der Waals surface area contributed by atoms with Crippen molar-refractivity contribution in [3.63, 3.8) is 0 Å². The highest BCUT2D eigenvalue weighted by molar-refractivity contribution is 7.15. The lowest BCUT2D eigenvalue weighted by Crippen LogP contribution is -2.43. The van der Waals surface area contributed by atoms with E-state index in [0.29, 0.717) is 11.7 Å². The lowest BCUT2D eigenvalue weighted by atomic mass is 9.65. The van der Waals surface area contributed by atoms with Gasteiger partial charge in [0.2, 0.25) is 0 Å². The summed E-state index contributed by atoms with van der Waals surface area (Å²) in [5, 5.41) is 3.18. The molecule has 0 spiro atoms. The lowest BCUT2D eigenvalue weighted by molar-refractivity contribution is -0.144. The first-order chi connectivity index (χ1) is 10.6. The maximum Gasteiger partial charge on any atom is 0.315 e. The first-order valence-electron chi connectivity index (χ1n) is 8.15. The van der Waals surface area contributed by atoms with E-state index in [1.165, 1.54) is 11.3 Å². The highest BCUT2D eigenvalue weighted by Crippen LogP contribution is 2.52. The maximum absolute atomic E-state index is 12.6. The van der Waals surface area contributed by atoms with Crippen molar-refractivity contribution in [3.05, 3.63) is 10.6 Å². The van der Waals surface area contributed by atoms with E-state index < -0.39 is 11.8 Å². The molecular formula is C17H25N3O2S. The number of nitrogens with zero attached hydrogens (tertiary/aromatic N) is 2. The first kappa shape index (κ1) is 16.4. The monoisotopic (exact) mass is 335 g/mol. The smallest absolute Gasteiger partial charge is 0.315 e. The molecule has 2 aliphatic rings. The number of carbonyl (C=O) groups is 2. The van der Waals surface area contributed by atoms with Crippen LogP contribution in [0.4, 0.5) is 5.13 Å². The SMILES string of the molecule is Cc1nc(NC(=O)C(=O)N2CC3(C)CC2CC(C)(C)C3)sc1C. The summed E-state index contributed by atoms with van der Waals surface area (Å²) in [5.74, 6) is -0.977. The van der Waals surface area contributed by atoms with Crippen LogP contribution in [0, 0.1) is 24.7 Å². The molecule has 1 saturated carbocycles. The van der Waals surface area contributed by atoms with Gasteiger partial charge in [0.25, 0.3) is 0 Å². The molecule has 2 atom stereocenters. The van der Waals surface area contributed by atoms with Crippen molar-refractivity contribution in [1.82, 2.24) is 9.88 Å². The van der Waals surface area contributed by atoms with Gasteiger partial charge in [0.05, 0.1) is 5.69 Å². The summed E-state index contributed by atoms with van der Waals surface area (Å²) in [5.41, 5.74) is 1.26. The minimum Gasteiger partial charge on any atom is -0.331 e. The van der Waals surface area contributed by atoms with Gasteiger partial charge in [0.1, 0.15) is 0 Å². The normalized spacial score (nSPS) is 28.7. The number of likely N-dealkylation sites (tertiary alicyclic amines) is 1. The molecule has 0 aromatic carbocycles. The van der Waals surface area contributed by atoms with Gasteiger partial charge in [0.15, 0.2) is 5.13 Å². The Morgan fingerprint density at radius 1 is 1.26 bits per heavy atom. The third-order valence-electron chi connectivity index (χ3n) is 5.12. The quantitative estimate of drug-likeness (QED) is 0.802. The Morgan fingerprint density at radius 3 is 2.57 bits per heavy atom. The molecule has 2 heterocycles. The zero-order valence-corrected chi connectivity index (χ0v) is 15.3. The van der Waals surface area contributed by atoms with Gasteiger partial charge in [-0.05, 0) is 43.9 Å². The second-order valence-corrected chi connectivity index (χ2v) is 9.46. The molecule has 3 rings (SSSR count). The molecule has 0 radical (unpaired) electrons. The van der Waals surface area contributed by atoms with E-state index in [1.54, 1.807) is 4.90 Å². The predicted octanol–water partition coefficient (Wildman–Crippen LogP) is 3.13. The third-order valence-corrected chi connectivity index (χ3v) is 6.11. The molecule has 2 bridgehead atoms. The fraction of sp³-hybridized carbons (Fsp3) is 0.706. The Hall–Kier alpha value is -1.43. The zero-order chi connectivity index (χ0) is 17.0. The highest BCUT2D eigenvalue weighted by atomic mass is 32.1. The number of aryl methyl sites for hydroxylation is 2. The summed E-state index contributed by atoms with van der Waals surface area (Å²) in [4.78, 5) is 32.1. The Bertz CT molecular complexity index is 647. The molecule has 1 aromatic heterocycles. The summed E-state index contributed by atoms with van der Waals surface area (Å²) in [7, 11) is 0. The Balaban J connectivity index is 1.72. The summed E-state index contributed by atoms with van der Waals surface area (Å²) >= 11 is 1.41. The Kier molecular flexibility index (Phi) is 3.78. The number of anilines is 1. The minimum absolute atomic E-state index is 0.136. The number of fused-ring (bicyclic) bond motifs is 2. The van der Waals surface area contributed by atoms with E-state index in [9.17, 15) is 9.59 Å². The van der Waals surface area contributed by atoms with Gasteiger partial charge in [-0.25, -0.2) is 4.98 Å². The van der Waals surface area contributed by atoms with E-state index in [0.717, 1.165) is 29.8 Å². The molecule has 1 aliphatic heterocycles. The van der Waals surface area contributed by atoms with Crippen molar-refractivity contribution >= 4 is 28.3 Å². The van der Waals surface area contributed by atoms with Crippen LogP contribution in [0.3, 0.4) is 0 Å². The van der Waals surface area contributed by atoms with E-state index in [-0.39, 0.29) is 16.9 Å². The van der Waals surface area contributed by atoms with E-state index in [4.69, 9.17) is 0 Å². The molecule has 2 fully saturated rings. The summed E-state index contributed by atoms with van der Waals surface area (Å²) in [6.07, 6.45) is 3.08. The van der Waals surface area contributed by atoms with Gasteiger partial charge < -0.3 is 4.90 Å². The van der Waals surface area contributed by atoms with Gasteiger partial charge in [-0.2, -0.15) is 0 Å². The largest absolute Gasteiger partial charge is 0.331 e. The summed E-state index contributed by atoms with van der Waals surface area (Å²) in [6.45, 7) is 11.3. The molecule has 5 nitrogen and oxygen atoms in total. The number of carbonyl (C=O) groups excluding carboxylic acids is 2. The number of rotatable bonds is 1. The molecule has 23 heavy (non-hydrogen) atoms. The maximum atomic E-state index is 12.6. The van der Waals surface area contributed by atoms with Crippen LogP contribution in [0.25, 0.3) is 0 Å². The average molecular weight is 335 g/mol. The van der Waals surface area contributed by atoms with Crippen LogP contribution in [0.2, 0.25) is 0 Å². The number of amides is 2. The van der Waals surface area contributed by atoms with E-state index in [1.807, 2.05) is 13.8 Å². The van der Waals surface area contributed by atoms with Gasteiger partial charge in [-0.3, -0.25) is 14.9 Å². The van der Waals surface area contributed by atoms with Crippen molar-refractivity contribution in [2.24, 2.45) is 10.8 Å². The molecule has 2 unspecified atom stereocenters. The van der Waals surface area contributed by atoms with E-state index in [2.05, 4.69) is 31.1 Å². The number of thiazole rings is 1. The fourth-order valence-electron chi connectivity index (χ4n) is 4.50. The third kappa shape index (κ3) is 3.13. The predicted molar refractivity (Wildman–Crippen MR) is 91.5 cm³/mol. The number of nitrogens with one attached hydrogen (secondary N) is 1. The first-order valence-corrected chi connectivity index (χ1v) is 8.96. The van der Waals surface area contributed by atoms with Crippen LogP contribution in [0.1, 0.15) is 50.6 Å². The Morgan fingerprint density at radius 2 is 1.96 bits per heavy atom. The van der Waals surface area contributed by atoms with Crippen LogP contribution >= 0.6 is 11.3 Å². The lowest BCUT2D eigenvalue weighted by Gasteiger charge is -2.39. The van der Waals surface area contributed by atoms with Crippen molar-refractivity contribution in [2.75, 3.05) is 11.9 Å². The van der Waals surface area contributed by atoms with Crippen molar-refractivity contribution in [2.45, 2.75) is 59.9 Å². The second kappa shape index (κ2) is 5.30. The summed E-state index contributed by atoms with van der Waals surface area (Å²) in [6, 6.07) is 0.182. The van der Waals surface area contributed by atoms with Crippen LogP contribution < -0.4 is 5.32 Å². The molecule has 1 aliphatic carbocycles. The van der Waals surface area contributed by atoms with Crippen LogP contribution in [0.5, 0.6) is 0 Å². The van der Waals surface area contributed by atoms with Crippen LogP contribution in [-0.2, 0) is 9.59 Å². The average Bonchev–Trinajstić information content (AvgIpc) is 2.84. The van der Waals surface area contributed by atoms with Gasteiger partial charge >= 0.3 is 11.8 Å².